The molecule has 0 fully saturated rings. The fraction of sp³-hybridized carbons (Fsp3) is 0.174. The van der Waals surface area contributed by atoms with E-state index in [1.54, 1.807) is 7.11 Å². The van der Waals surface area contributed by atoms with Gasteiger partial charge >= 0.3 is 0 Å². The second kappa shape index (κ2) is 8.55. The maximum Gasteiger partial charge on any atom is 0.227 e. The maximum absolute atomic E-state index is 8.64. The van der Waals surface area contributed by atoms with Gasteiger partial charge in [0, 0.05) is 35.1 Å². The molecule has 1 aliphatic carbocycles. The van der Waals surface area contributed by atoms with E-state index in [9.17, 15) is 0 Å². The number of aromatic nitrogens is 2. The first kappa shape index (κ1) is 19.9. The van der Waals surface area contributed by atoms with Crippen LogP contribution in [0.15, 0.2) is 54.7 Å². The SMILES string of the molecule is CN/C(=C1\C(=N)CCc2cnc(Nc3ccccc3OC)nc21)c1ccccc1Cl. The van der Waals surface area contributed by atoms with E-state index < -0.39 is 0 Å². The minimum Gasteiger partial charge on any atom is -0.495 e. The smallest absolute Gasteiger partial charge is 0.227 e. The number of ether oxygens (including phenoxy) is 1. The molecule has 0 saturated heterocycles. The maximum atomic E-state index is 8.64. The summed E-state index contributed by atoms with van der Waals surface area (Å²) in [6.07, 6.45) is 3.18. The number of anilines is 2. The minimum absolute atomic E-state index is 0.445. The summed E-state index contributed by atoms with van der Waals surface area (Å²) in [7, 11) is 3.46. The molecule has 0 spiro atoms. The first-order valence-corrected chi connectivity index (χ1v) is 10.0. The standard InChI is InChI=1S/C23H22ClN5O/c1-26-22(15-7-3-4-8-16(15)24)20-17(25)12-11-14-13-27-23(29-21(14)20)28-18-9-5-6-10-19(18)30-2/h3-10,13,25-26H,11-12H2,1-2H3,(H,27,28,29)/b22-20+,25-17?. The van der Waals surface area contributed by atoms with Crippen LogP contribution >= 0.6 is 11.6 Å². The molecular formula is C23H22ClN5O. The molecule has 4 rings (SSSR count). The van der Waals surface area contributed by atoms with Crippen molar-refractivity contribution in [3.8, 4) is 5.75 Å². The number of halogens is 1. The second-order valence-corrected chi connectivity index (χ2v) is 7.26. The molecule has 2 aromatic carbocycles. The van der Waals surface area contributed by atoms with Gasteiger partial charge in [0.25, 0.3) is 0 Å². The number of nitrogens with zero attached hydrogens (tertiary/aromatic N) is 2. The second-order valence-electron chi connectivity index (χ2n) is 6.85. The van der Waals surface area contributed by atoms with Crippen LogP contribution in [0.1, 0.15) is 23.2 Å². The van der Waals surface area contributed by atoms with Crippen LogP contribution in [0.3, 0.4) is 0 Å². The van der Waals surface area contributed by atoms with Crippen molar-refractivity contribution < 1.29 is 4.74 Å². The normalized spacial score (nSPS) is 14.7. The molecule has 0 aliphatic heterocycles. The lowest BCUT2D eigenvalue weighted by Crippen LogP contribution is -2.20. The van der Waals surface area contributed by atoms with Crippen LogP contribution in [0.25, 0.3) is 11.3 Å². The van der Waals surface area contributed by atoms with Crippen molar-refractivity contribution in [2.75, 3.05) is 19.5 Å². The van der Waals surface area contributed by atoms with Crippen molar-refractivity contribution in [3.05, 3.63) is 76.6 Å². The van der Waals surface area contributed by atoms with Gasteiger partial charge in [-0.3, -0.25) is 0 Å². The zero-order chi connectivity index (χ0) is 21.1. The minimum atomic E-state index is 0.445. The van der Waals surface area contributed by atoms with E-state index in [0.717, 1.165) is 40.2 Å². The number of nitrogens with one attached hydrogen (secondary N) is 3. The molecule has 0 bridgehead atoms. The molecule has 0 saturated carbocycles. The van der Waals surface area contributed by atoms with Gasteiger partial charge < -0.3 is 20.8 Å². The molecule has 1 aliphatic rings. The van der Waals surface area contributed by atoms with Crippen LogP contribution in [-0.2, 0) is 6.42 Å². The van der Waals surface area contributed by atoms with Crippen LogP contribution in [0, 0.1) is 5.41 Å². The summed E-state index contributed by atoms with van der Waals surface area (Å²) in [6, 6.07) is 15.2. The first-order valence-electron chi connectivity index (χ1n) is 9.63. The number of rotatable bonds is 5. The largest absolute Gasteiger partial charge is 0.495 e. The molecule has 0 unspecified atom stereocenters. The Labute approximate surface area is 180 Å². The highest BCUT2D eigenvalue weighted by atomic mass is 35.5. The Balaban J connectivity index is 1.84. The van der Waals surface area contributed by atoms with Crippen LogP contribution in [0.4, 0.5) is 11.6 Å². The van der Waals surface area contributed by atoms with E-state index in [4.69, 9.17) is 26.7 Å². The Hall–Kier alpha value is -3.38. The average Bonchev–Trinajstić information content (AvgIpc) is 2.77. The quantitative estimate of drug-likeness (QED) is 0.545. The van der Waals surface area contributed by atoms with Gasteiger partial charge in [-0.05, 0) is 36.6 Å². The third-order valence-corrected chi connectivity index (χ3v) is 5.37. The topological polar surface area (TPSA) is 82.9 Å². The highest BCUT2D eigenvalue weighted by Gasteiger charge is 2.26. The Kier molecular flexibility index (Phi) is 5.68. The molecule has 1 heterocycles. The van der Waals surface area contributed by atoms with Crippen molar-refractivity contribution in [1.82, 2.24) is 15.3 Å². The van der Waals surface area contributed by atoms with Crippen molar-refractivity contribution in [3.63, 3.8) is 0 Å². The number of hydrogen-bond acceptors (Lipinski definition) is 6. The number of fused-ring (bicyclic) bond motifs is 1. The van der Waals surface area contributed by atoms with Crippen LogP contribution in [0.2, 0.25) is 5.02 Å². The third kappa shape index (κ3) is 3.74. The summed E-state index contributed by atoms with van der Waals surface area (Å²) in [5.74, 6) is 1.15. The number of para-hydroxylation sites is 2. The molecule has 6 nitrogen and oxygen atoms in total. The molecule has 30 heavy (non-hydrogen) atoms. The van der Waals surface area contributed by atoms with Crippen molar-refractivity contribution in [1.29, 1.82) is 5.41 Å². The summed E-state index contributed by atoms with van der Waals surface area (Å²) >= 11 is 6.46. The third-order valence-electron chi connectivity index (χ3n) is 5.04. The van der Waals surface area contributed by atoms with Crippen molar-refractivity contribution in [2.45, 2.75) is 12.8 Å². The molecule has 1 aromatic heterocycles. The summed E-state index contributed by atoms with van der Waals surface area (Å²) in [5.41, 5.74) is 5.41. The van der Waals surface area contributed by atoms with E-state index in [-0.39, 0.29) is 0 Å². The number of aryl methyl sites for hydroxylation is 1. The van der Waals surface area contributed by atoms with E-state index in [2.05, 4.69) is 15.6 Å². The molecular weight excluding hydrogens is 398 g/mol. The van der Waals surface area contributed by atoms with Crippen LogP contribution < -0.4 is 15.4 Å². The van der Waals surface area contributed by atoms with Crippen LogP contribution in [0.5, 0.6) is 5.75 Å². The highest BCUT2D eigenvalue weighted by molar-refractivity contribution is 6.35. The molecule has 0 amide bonds. The Morgan fingerprint density at radius 1 is 1.10 bits per heavy atom. The summed E-state index contributed by atoms with van der Waals surface area (Å²) in [5, 5.41) is 15.7. The van der Waals surface area contributed by atoms with Gasteiger partial charge in [0.15, 0.2) is 0 Å². The summed E-state index contributed by atoms with van der Waals surface area (Å²) in [4.78, 5) is 9.26. The summed E-state index contributed by atoms with van der Waals surface area (Å²) < 4.78 is 5.41. The van der Waals surface area contributed by atoms with Crippen LogP contribution in [-0.4, -0.2) is 29.8 Å². The Morgan fingerprint density at radius 2 is 1.87 bits per heavy atom. The van der Waals surface area contributed by atoms with Gasteiger partial charge in [0.1, 0.15) is 5.75 Å². The number of allylic oxidation sites excluding steroid dienone is 1. The van der Waals surface area contributed by atoms with E-state index >= 15 is 0 Å². The predicted octanol–water partition coefficient (Wildman–Crippen LogP) is 4.94. The zero-order valence-corrected chi connectivity index (χ0v) is 17.5. The average molecular weight is 420 g/mol. The lowest BCUT2D eigenvalue weighted by molar-refractivity contribution is 0.417. The number of benzene rings is 2. The van der Waals surface area contributed by atoms with Gasteiger partial charge in [0.2, 0.25) is 5.95 Å². The van der Waals surface area contributed by atoms with Gasteiger partial charge in [-0.15, -0.1) is 0 Å². The number of hydrogen-bond donors (Lipinski definition) is 3. The summed E-state index contributed by atoms with van der Waals surface area (Å²) in [6.45, 7) is 0. The Morgan fingerprint density at radius 3 is 2.63 bits per heavy atom. The lowest BCUT2D eigenvalue weighted by Gasteiger charge is -2.23. The van der Waals surface area contributed by atoms with E-state index in [1.807, 2.05) is 61.8 Å². The van der Waals surface area contributed by atoms with Gasteiger partial charge in [-0.25, -0.2) is 9.97 Å². The highest BCUT2D eigenvalue weighted by Crippen LogP contribution is 2.35. The first-order chi connectivity index (χ1) is 14.6. The molecule has 0 atom stereocenters. The fourth-order valence-electron chi connectivity index (χ4n) is 3.59. The zero-order valence-electron chi connectivity index (χ0n) is 16.8. The molecule has 3 aromatic rings. The van der Waals surface area contributed by atoms with Gasteiger partial charge in [0.05, 0.1) is 24.2 Å². The van der Waals surface area contributed by atoms with Crippen molar-refractivity contribution >= 4 is 40.2 Å². The monoisotopic (exact) mass is 419 g/mol. The van der Waals surface area contributed by atoms with E-state index in [1.165, 1.54) is 0 Å². The van der Waals surface area contributed by atoms with Gasteiger partial charge in [-0.1, -0.05) is 41.9 Å². The molecule has 3 N–H and O–H groups in total. The molecule has 7 heteroatoms. The Bertz CT molecular complexity index is 1140. The predicted molar refractivity (Wildman–Crippen MR) is 122 cm³/mol. The van der Waals surface area contributed by atoms with E-state index in [0.29, 0.717) is 28.9 Å². The lowest BCUT2D eigenvalue weighted by atomic mass is 9.87. The van der Waals surface area contributed by atoms with Crippen molar-refractivity contribution in [2.24, 2.45) is 0 Å². The van der Waals surface area contributed by atoms with Gasteiger partial charge in [-0.2, -0.15) is 0 Å². The molecule has 152 valence electrons. The molecule has 0 radical (unpaired) electrons. The number of methoxy groups -OCH3 is 1. The fourth-order valence-corrected chi connectivity index (χ4v) is 3.82.